The Morgan fingerprint density at radius 3 is 2.47 bits per heavy atom. The molecule has 4 N–H and O–H groups in total. The molecule has 2 fully saturated rings. The minimum absolute atomic E-state index is 0.541. The molecule has 2 saturated heterocycles. The number of aliphatic hydroxyl groups excluding tert-OH is 3. The zero-order valence-electron chi connectivity index (χ0n) is 7.46. The van der Waals surface area contributed by atoms with E-state index in [9.17, 15) is 14.8 Å². The van der Waals surface area contributed by atoms with Crippen LogP contribution in [0.25, 0.3) is 0 Å². The van der Waals surface area contributed by atoms with Crippen LogP contribution in [0.5, 0.6) is 0 Å². The second-order valence-corrected chi connectivity index (χ2v) is 4.71. The van der Waals surface area contributed by atoms with E-state index in [0.717, 1.165) is 0 Å². The summed E-state index contributed by atoms with van der Waals surface area (Å²) in [5.41, 5.74) is 0. The van der Waals surface area contributed by atoms with Crippen molar-refractivity contribution in [1.29, 1.82) is 0 Å². The summed E-state index contributed by atoms with van der Waals surface area (Å²) >= 11 is 0. The average Bonchev–Trinajstić information content (AvgIpc) is 2.47. The first-order valence-corrected chi connectivity index (χ1v) is 5.76. The number of hydrogen-bond donors (Lipinski definition) is 4. The Bertz CT molecular complexity index is 295. The van der Waals surface area contributed by atoms with Gasteiger partial charge in [-0.1, -0.05) is 0 Å². The molecule has 6 atom stereocenters. The zero-order valence-corrected chi connectivity index (χ0v) is 8.36. The molecule has 2 rings (SSSR count). The van der Waals surface area contributed by atoms with Gasteiger partial charge in [-0.2, -0.15) is 0 Å². The Labute approximate surface area is 84.6 Å². The fourth-order valence-electron chi connectivity index (χ4n) is 1.56. The molecule has 0 radical (unpaired) electrons. The van der Waals surface area contributed by atoms with Crippen LogP contribution in [0.3, 0.4) is 0 Å². The highest BCUT2D eigenvalue weighted by atomic mass is 31.2. The highest BCUT2D eigenvalue weighted by molar-refractivity contribution is 7.47. The molecule has 0 bridgehead atoms. The normalized spacial score (nSPS) is 55.3. The molecule has 2 aliphatic heterocycles. The molecule has 2 heterocycles. The van der Waals surface area contributed by atoms with Crippen LogP contribution >= 0.6 is 7.82 Å². The number of phosphoric acid groups is 1. The summed E-state index contributed by atoms with van der Waals surface area (Å²) in [6, 6.07) is 0. The Morgan fingerprint density at radius 1 is 1.20 bits per heavy atom. The summed E-state index contributed by atoms with van der Waals surface area (Å²) in [7, 11) is -4.23. The standard InChI is InChI=1S/C6H11O8P/c7-1-2-3(8)4(9)5-6(12-2)14-15(10,11)13-5/h2-9H,1H2,(H,10,11)/t2-,3-,4+,5-,6+/m1/s1. The number of hydrogen-bond acceptors (Lipinski definition) is 7. The summed E-state index contributed by atoms with van der Waals surface area (Å²) in [5, 5.41) is 27.7. The average molecular weight is 242 g/mol. The highest BCUT2D eigenvalue weighted by Crippen LogP contribution is 2.55. The summed E-state index contributed by atoms with van der Waals surface area (Å²) in [4.78, 5) is 8.96. The summed E-state index contributed by atoms with van der Waals surface area (Å²) in [6.45, 7) is -0.541. The highest BCUT2D eigenvalue weighted by Gasteiger charge is 2.55. The quantitative estimate of drug-likeness (QED) is 0.387. The summed E-state index contributed by atoms with van der Waals surface area (Å²) in [5.74, 6) is 0. The van der Waals surface area contributed by atoms with Crippen molar-refractivity contribution < 1.29 is 38.6 Å². The van der Waals surface area contributed by atoms with Crippen molar-refractivity contribution in [2.24, 2.45) is 0 Å². The fraction of sp³-hybridized carbons (Fsp3) is 1.00. The van der Waals surface area contributed by atoms with Crippen molar-refractivity contribution in [3.8, 4) is 0 Å². The molecule has 1 unspecified atom stereocenters. The van der Waals surface area contributed by atoms with Crippen molar-refractivity contribution in [2.75, 3.05) is 6.61 Å². The Hall–Kier alpha value is -0.0500. The van der Waals surface area contributed by atoms with Crippen LogP contribution < -0.4 is 0 Å². The van der Waals surface area contributed by atoms with E-state index < -0.39 is 45.1 Å². The van der Waals surface area contributed by atoms with Gasteiger partial charge in [-0.05, 0) is 0 Å². The molecule has 0 aromatic rings. The number of phosphoric ester groups is 1. The molecule has 0 aromatic heterocycles. The predicted molar refractivity (Wildman–Crippen MR) is 43.5 cm³/mol. The maximum Gasteiger partial charge on any atom is 0.475 e. The van der Waals surface area contributed by atoms with E-state index >= 15 is 0 Å². The third-order valence-corrected chi connectivity index (χ3v) is 3.30. The minimum atomic E-state index is -4.23. The van der Waals surface area contributed by atoms with E-state index in [1.165, 1.54) is 0 Å². The Kier molecular flexibility index (Phi) is 2.87. The van der Waals surface area contributed by atoms with E-state index in [2.05, 4.69) is 9.05 Å². The van der Waals surface area contributed by atoms with Crippen LogP contribution in [0.2, 0.25) is 0 Å². The predicted octanol–water partition coefficient (Wildman–Crippen LogP) is -2.06. The maximum atomic E-state index is 11.0. The van der Waals surface area contributed by atoms with Gasteiger partial charge in [0.15, 0.2) is 6.29 Å². The molecular formula is C6H11O8P. The molecule has 0 amide bonds. The minimum Gasteiger partial charge on any atom is -0.394 e. The van der Waals surface area contributed by atoms with E-state index in [1.807, 2.05) is 0 Å². The first-order valence-electron chi connectivity index (χ1n) is 4.26. The maximum absolute atomic E-state index is 11.0. The van der Waals surface area contributed by atoms with E-state index in [1.54, 1.807) is 0 Å². The van der Waals surface area contributed by atoms with Crippen molar-refractivity contribution in [2.45, 2.75) is 30.7 Å². The van der Waals surface area contributed by atoms with Crippen molar-refractivity contribution >= 4 is 7.82 Å². The van der Waals surface area contributed by atoms with Crippen LogP contribution in [-0.2, 0) is 18.3 Å². The molecule has 15 heavy (non-hydrogen) atoms. The first-order chi connectivity index (χ1) is 6.94. The fourth-order valence-corrected chi connectivity index (χ4v) is 2.58. The summed E-state index contributed by atoms with van der Waals surface area (Å²) < 4.78 is 24.9. The second-order valence-electron chi connectivity index (χ2n) is 3.35. The molecule has 88 valence electrons. The number of fused-ring (bicyclic) bond motifs is 1. The monoisotopic (exact) mass is 242 g/mol. The van der Waals surface area contributed by atoms with Gasteiger partial charge in [0.1, 0.15) is 24.4 Å². The number of rotatable bonds is 1. The van der Waals surface area contributed by atoms with Gasteiger partial charge in [-0.15, -0.1) is 0 Å². The molecule has 0 aromatic carbocycles. The Morgan fingerprint density at radius 2 is 1.87 bits per heavy atom. The first kappa shape index (κ1) is 11.4. The van der Waals surface area contributed by atoms with Gasteiger partial charge >= 0.3 is 7.82 Å². The zero-order chi connectivity index (χ0) is 11.2. The molecule has 8 nitrogen and oxygen atoms in total. The second kappa shape index (κ2) is 3.76. The molecule has 0 spiro atoms. The van der Waals surface area contributed by atoms with Gasteiger partial charge in [0.05, 0.1) is 6.61 Å². The topological polar surface area (TPSA) is 126 Å². The van der Waals surface area contributed by atoms with Crippen LogP contribution in [0, 0.1) is 0 Å². The van der Waals surface area contributed by atoms with Crippen LogP contribution in [0.15, 0.2) is 0 Å². The Balaban J connectivity index is 2.17. The van der Waals surface area contributed by atoms with Crippen molar-refractivity contribution in [3.05, 3.63) is 0 Å². The van der Waals surface area contributed by atoms with Gasteiger partial charge in [-0.25, -0.2) is 4.57 Å². The van der Waals surface area contributed by atoms with Crippen LogP contribution in [0.1, 0.15) is 0 Å². The molecule has 9 heteroatoms. The molecule has 2 aliphatic rings. The van der Waals surface area contributed by atoms with Gasteiger partial charge < -0.3 is 24.9 Å². The van der Waals surface area contributed by atoms with Gasteiger partial charge in [0.25, 0.3) is 0 Å². The van der Waals surface area contributed by atoms with E-state index in [4.69, 9.17) is 14.7 Å². The summed E-state index contributed by atoms with van der Waals surface area (Å²) in [6.07, 6.45) is -6.38. The van der Waals surface area contributed by atoms with Crippen LogP contribution in [-0.4, -0.2) is 57.5 Å². The largest absolute Gasteiger partial charge is 0.475 e. The van der Waals surface area contributed by atoms with Crippen molar-refractivity contribution in [3.63, 3.8) is 0 Å². The lowest BCUT2D eigenvalue weighted by Gasteiger charge is -2.36. The van der Waals surface area contributed by atoms with Crippen LogP contribution in [0.4, 0.5) is 0 Å². The van der Waals surface area contributed by atoms with Crippen molar-refractivity contribution in [1.82, 2.24) is 0 Å². The third kappa shape index (κ3) is 1.95. The lowest BCUT2D eigenvalue weighted by atomic mass is 10.00. The molecule has 0 saturated carbocycles. The smallest absolute Gasteiger partial charge is 0.394 e. The lowest BCUT2D eigenvalue weighted by Crippen LogP contribution is -2.57. The SMILES string of the molecule is O=P1(O)O[C@@H]2O[C@H](CO)[C@@H](O)[C@H](O)[C@H]2O1. The number of aliphatic hydroxyl groups is 3. The number of ether oxygens (including phenoxy) is 1. The molecular weight excluding hydrogens is 231 g/mol. The molecule has 0 aliphatic carbocycles. The van der Waals surface area contributed by atoms with E-state index in [0.29, 0.717) is 0 Å². The third-order valence-electron chi connectivity index (χ3n) is 2.32. The van der Waals surface area contributed by atoms with E-state index in [-0.39, 0.29) is 0 Å². The van der Waals surface area contributed by atoms with Gasteiger partial charge in [-0.3, -0.25) is 9.05 Å². The van der Waals surface area contributed by atoms with Gasteiger partial charge in [0, 0.05) is 0 Å². The lowest BCUT2D eigenvalue weighted by molar-refractivity contribution is -0.249. The van der Waals surface area contributed by atoms with Gasteiger partial charge in [0.2, 0.25) is 0 Å².